The first-order valence-electron chi connectivity index (χ1n) is 6.62. The van der Waals surface area contributed by atoms with Crippen LogP contribution in [0.15, 0.2) is 18.2 Å². The molecule has 0 aromatic heterocycles. The van der Waals surface area contributed by atoms with Crippen LogP contribution in [0.25, 0.3) is 0 Å². The van der Waals surface area contributed by atoms with Gasteiger partial charge in [0.25, 0.3) is 0 Å². The number of hydrogen-bond acceptors (Lipinski definition) is 4. The highest BCUT2D eigenvalue weighted by molar-refractivity contribution is 7.92. The van der Waals surface area contributed by atoms with Crippen molar-refractivity contribution in [3.8, 4) is 0 Å². The van der Waals surface area contributed by atoms with Crippen molar-refractivity contribution in [3.05, 3.63) is 29.3 Å². The van der Waals surface area contributed by atoms with Gasteiger partial charge in [-0.3, -0.25) is 4.79 Å². The van der Waals surface area contributed by atoms with Gasteiger partial charge in [-0.25, -0.2) is 8.42 Å². The third-order valence-corrected chi connectivity index (χ3v) is 4.75. The van der Waals surface area contributed by atoms with Crippen LogP contribution in [0.2, 0.25) is 0 Å². The molecule has 1 aromatic carbocycles. The predicted molar refractivity (Wildman–Crippen MR) is 81.5 cm³/mol. The molecule has 0 radical (unpaired) electrons. The summed E-state index contributed by atoms with van der Waals surface area (Å²) in [5, 5.41) is 2.65. The van der Waals surface area contributed by atoms with Gasteiger partial charge in [-0.2, -0.15) is 0 Å². The fourth-order valence-corrected chi connectivity index (χ4v) is 3.07. The van der Waals surface area contributed by atoms with E-state index in [1.807, 2.05) is 26.0 Å². The van der Waals surface area contributed by atoms with E-state index in [4.69, 9.17) is 5.73 Å². The molecule has 6 heteroatoms. The first-order chi connectivity index (χ1) is 9.35. The second kappa shape index (κ2) is 7.40. The predicted octanol–water partition coefficient (Wildman–Crippen LogP) is 1.40. The Balaban J connectivity index is 2.61. The Hall–Kier alpha value is -1.40. The Morgan fingerprint density at radius 2 is 1.95 bits per heavy atom. The smallest absolute Gasteiger partial charge is 0.239 e. The quantitative estimate of drug-likeness (QED) is 0.745. The van der Waals surface area contributed by atoms with Gasteiger partial charge in [0.2, 0.25) is 5.91 Å². The molecule has 0 aliphatic heterocycles. The Kier molecular flexibility index (Phi) is 6.16. The van der Waals surface area contributed by atoms with Crippen molar-refractivity contribution in [3.63, 3.8) is 0 Å². The summed E-state index contributed by atoms with van der Waals surface area (Å²) in [6.45, 7) is 4.29. The number of unbranched alkanes of at least 4 members (excludes halogenated alkanes) is 1. The first kappa shape index (κ1) is 16.7. The minimum Gasteiger partial charge on any atom is -0.330 e. The van der Waals surface area contributed by atoms with Crippen LogP contribution >= 0.6 is 0 Å². The van der Waals surface area contributed by atoms with E-state index in [0.717, 1.165) is 11.1 Å². The zero-order valence-corrected chi connectivity index (χ0v) is 12.8. The van der Waals surface area contributed by atoms with Crippen LogP contribution in [0, 0.1) is 13.8 Å². The van der Waals surface area contributed by atoms with E-state index in [1.54, 1.807) is 6.07 Å². The summed E-state index contributed by atoms with van der Waals surface area (Å²) >= 11 is 0. The molecule has 1 rings (SSSR count). The number of carbonyl (C=O) groups is 1. The molecule has 1 aromatic rings. The number of nitrogens with two attached hydrogens (primary N) is 1. The highest BCUT2D eigenvalue weighted by Crippen LogP contribution is 2.17. The van der Waals surface area contributed by atoms with E-state index >= 15 is 0 Å². The molecule has 0 fully saturated rings. The molecule has 112 valence electrons. The molecule has 0 spiro atoms. The summed E-state index contributed by atoms with van der Waals surface area (Å²) in [4.78, 5) is 11.8. The SMILES string of the molecule is Cc1cccc(NC(=O)CS(=O)(=O)CCCCN)c1C. The van der Waals surface area contributed by atoms with Crippen LogP contribution in [0.3, 0.4) is 0 Å². The van der Waals surface area contributed by atoms with Gasteiger partial charge in [0.05, 0.1) is 5.75 Å². The zero-order chi connectivity index (χ0) is 15.2. The van der Waals surface area contributed by atoms with E-state index < -0.39 is 21.5 Å². The lowest BCUT2D eigenvalue weighted by atomic mass is 10.1. The first-order valence-corrected chi connectivity index (χ1v) is 8.44. The van der Waals surface area contributed by atoms with Crippen LogP contribution in [0.4, 0.5) is 5.69 Å². The van der Waals surface area contributed by atoms with Gasteiger partial charge in [0.15, 0.2) is 9.84 Å². The number of rotatable bonds is 7. The molecule has 0 aliphatic carbocycles. The van der Waals surface area contributed by atoms with E-state index in [-0.39, 0.29) is 5.75 Å². The lowest BCUT2D eigenvalue weighted by Crippen LogP contribution is -2.25. The number of aryl methyl sites for hydroxylation is 1. The van der Waals surface area contributed by atoms with Crippen LogP contribution in [0.1, 0.15) is 24.0 Å². The molecule has 0 unspecified atom stereocenters. The van der Waals surface area contributed by atoms with Crippen molar-refractivity contribution in [2.45, 2.75) is 26.7 Å². The Bertz CT molecular complexity index is 568. The van der Waals surface area contributed by atoms with Crippen molar-refractivity contribution in [1.82, 2.24) is 0 Å². The van der Waals surface area contributed by atoms with Gasteiger partial charge < -0.3 is 11.1 Å². The summed E-state index contributed by atoms with van der Waals surface area (Å²) in [5.41, 5.74) is 7.97. The van der Waals surface area contributed by atoms with Crippen LogP contribution in [0.5, 0.6) is 0 Å². The standard InChI is InChI=1S/C14H22N2O3S/c1-11-6-5-7-13(12(11)2)16-14(17)10-20(18,19)9-4-3-8-15/h5-7H,3-4,8-10,15H2,1-2H3,(H,16,17). The van der Waals surface area contributed by atoms with Gasteiger partial charge in [-0.1, -0.05) is 12.1 Å². The summed E-state index contributed by atoms with van der Waals surface area (Å²) in [6.07, 6.45) is 1.15. The van der Waals surface area contributed by atoms with Crippen LogP contribution in [-0.4, -0.2) is 32.4 Å². The van der Waals surface area contributed by atoms with Crippen molar-refractivity contribution < 1.29 is 13.2 Å². The maximum atomic E-state index is 11.8. The normalized spacial score (nSPS) is 11.3. The maximum Gasteiger partial charge on any atom is 0.239 e. The van der Waals surface area contributed by atoms with Crippen LogP contribution < -0.4 is 11.1 Å². The maximum absolute atomic E-state index is 11.8. The molecular formula is C14H22N2O3S. The lowest BCUT2D eigenvalue weighted by molar-refractivity contribution is -0.113. The molecule has 0 saturated carbocycles. The average Bonchev–Trinajstić information content (AvgIpc) is 2.34. The minimum atomic E-state index is -3.36. The highest BCUT2D eigenvalue weighted by atomic mass is 32.2. The monoisotopic (exact) mass is 298 g/mol. The summed E-state index contributed by atoms with van der Waals surface area (Å²) < 4.78 is 23.5. The summed E-state index contributed by atoms with van der Waals surface area (Å²) in [7, 11) is -3.36. The molecular weight excluding hydrogens is 276 g/mol. The molecule has 5 nitrogen and oxygen atoms in total. The molecule has 1 amide bonds. The van der Waals surface area contributed by atoms with E-state index in [1.165, 1.54) is 0 Å². The molecule has 20 heavy (non-hydrogen) atoms. The number of hydrogen-bond donors (Lipinski definition) is 2. The fourth-order valence-electron chi connectivity index (χ4n) is 1.81. The van der Waals surface area contributed by atoms with Crippen molar-refractivity contribution in [2.75, 3.05) is 23.4 Å². The number of benzene rings is 1. The average molecular weight is 298 g/mol. The third kappa shape index (κ3) is 5.30. The topological polar surface area (TPSA) is 89.3 Å². The largest absolute Gasteiger partial charge is 0.330 e. The molecule has 0 bridgehead atoms. The Morgan fingerprint density at radius 1 is 1.25 bits per heavy atom. The van der Waals surface area contributed by atoms with Gasteiger partial charge in [-0.15, -0.1) is 0 Å². The summed E-state index contributed by atoms with van der Waals surface area (Å²) in [5.74, 6) is -0.971. The number of sulfone groups is 1. The number of carbonyl (C=O) groups excluding carboxylic acids is 1. The van der Waals surface area contributed by atoms with Gasteiger partial charge in [0, 0.05) is 5.69 Å². The van der Waals surface area contributed by atoms with E-state index in [0.29, 0.717) is 25.1 Å². The van der Waals surface area contributed by atoms with Gasteiger partial charge >= 0.3 is 0 Å². The minimum absolute atomic E-state index is 0.00438. The van der Waals surface area contributed by atoms with E-state index in [2.05, 4.69) is 5.32 Å². The lowest BCUT2D eigenvalue weighted by Gasteiger charge is -2.10. The van der Waals surface area contributed by atoms with Crippen molar-refractivity contribution in [2.24, 2.45) is 5.73 Å². The number of amides is 1. The van der Waals surface area contributed by atoms with Crippen molar-refractivity contribution >= 4 is 21.4 Å². The van der Waals surface area contributed by atoms with Gasteiger partial charge in [-0.05, 0) is 50.4 Å². The Labute approximate surface area is 120 Å². The number of nitrogens with one attached hydrogen (secondary N) is 1. The zero-order valence-electron chi connectivity index (χ0n) is 12.0. The molecule has 0 aliphatic rings. The van der Waals surface area contributed by atoms with Crippen molar-refractivity contribution in [1.29, 1.82) is 0 Å². The molecule has 0 atom stereocenters. The Morgan fingerprint density at radius 3 is 2.60 bits per heavy atom. The third-order valence-electron chi connectivity index (χ3n) is 3.14. The fraction of sp³-hybridized carbons (Fsp3) is 0.500. The van der Waals surface area contributed by atoms with Crippen LogP contribution in [-0.2, 0) is 14.6 Å². The molecule has 0 saturated heterocycles. The summed E-state index contributed by atoms with van der Waals surface area (Å²) in [6, 6.07) is 5.53. The van der Waals surface area contributed by atoms with Gasteiger partial charge in [0.1, 0.15) is 5.75 Å². The second-order valence-corrected chi connectivity index (χ2v) is 7.07. The highest BCUT2D eigenvalue weighted by Gasteiger charge is 2.17. The van der Waals surface area contributed by atoms with E-state index in [9.17, 15) is 13.2 Å². The second-order valence-electron chi connectivity index (χ2n) is 4.88. The molecule has 0 heterocycles. The molecule has 3 N–H and O–H groups in total. The number of anilines is 1.